The maximum absolute atomic E-state index is 4.54. The Morgan fingerprint density at radius 1 is 0.429 bits per heavy atom. The molecule has 1 aliphatic rings. The number of rotatable bonds is 2. The minimum Gasteiger partial charge on any atom is -0.173 e. The van der Waals surface area contributed by atoms with Gasteiger partial charge in [0.25, 0.3) is 0 Å². The molecule has 0 amide bonds. The van der Waals surface area contributed by atoms with Crippen LogP contribution in [-0.4, -0.2) is 17.5 Å². The molecule has 49 heavy (non-hydrogen) atoms. The van der Waals surface area contributed by atoms with Crippen molar-refractivity contribution in [2.75, 3.05) is 0 Å². The average Bonchev–Trinajstić information content (AvgIpc) is 3.92. The first-order valence-corrected chi connectivity index (χ1v) is 19.4. The van der Waals surface area contributed by atoms with Crippen LogP contribution in [0.5, 0.6) is 0 Å². The first-order valence-electron chi connectivity index (χ1n) is 16.3. The summed E-state index contributed by atoms with van der Waals surface area (Å²) in [6.07, 6.45) is 0. The van der Waals surface area contributed by atoms with E-state index in [9.17, 15) is 0 Å². The van der Waals surface area contributed by atoms with E-state index in [2.05, 4.69) is 158 Å². The molecule has 4 heterocycles. The molecule has 0 saturated carbocycles. The number of aromatic nitrogens is 4. The highest BCUT2D eigenvalue weighted by molar-refractivity contribution is 7.16. The Bertz CT molecular complexity index is 2290. The monoisotopic (exact) mass is 714 g/mol. The zero-order valence-corrected chi connectivity index (χ0v) is 32.3. The Labute approximate surface area is 304 Å². The number of fused-ring (bicyclic) bond motifs is 5. The molecule has 246 valence electrons. The number of hydrogen-bond donors (Lipinski definition) is 0. The fraction of sp³-hybridized carbons (Fsp3) is 0.220. The molecule has 0 unspecified atom stereocenters. The van der Waals surface area contributed by atoms with Crippen LogP contribution in [-0.2, 0) is 5.41 Å². The SMILES string of the molecule is Cc1ccc(-c2ccc(-c3ccc(C)s3)c3nsnc23)s1.Cc1ccc(C)c2nsnc12.Cc1ccc2c(c1)C(C)(C)c1cc(C)ccc1-2. The average molecular weight is 715 g/mol. The third kappa shape index (κ3) is 6.39. The van der Waals surface area contributed by atoms with Gasteiger partial charge in [0.05, 0.1) is 23.5 Å². The van der Waals surface area contributed by atoms with Crippen LogP contribution >= 0.6 is 46.1 Å². The van der Waals surface area contributed by atoms with E-state index < -0.39 is 0 Å². The Morgan fingerprint density at radius 3 is 1.20 bits per heavy atom. The van der Waals surface area contributed by atoms with Gasteiger partial charge in [0, 0.05) is 36.1 Å². The van der Waals surface area contributed by atoms with Crippen LogP contribution in [0.25, 0.3) is 54.1 Å². The number of thiophene rings is 2. The van der Waals surface area contributed by atoms with Crippen molar-refractivity contribution in [2.24, 2.45) is 0 Å². The minimum absolute atomic E-state index is 0.142. The first kappa shape index (κ1) is 33.4. The maximum Gasteiger partial charge on any atom is 0.114 e. The highest BCUT2D eigenvalue weighted by atomic mass is 32.1. The van der Waals surface area contributed by atoms with Gasteiger partial charge in [-0.3, -0.25) is 0 Å². The summed E-state index contributed by atoms with van der Waals surface area (Å²) in [4.78, 5) is 5.16. The zero-order chi connectivity index (χ0) is 34.4. The van der Waals surface area contributed by atoms with Gasteiger partial charge < -0.3 is 0 Å². The Kier molecular flexibility index (Phi) is 9.09. The van der Waals surface area contributed by atoms with Gasteiger partial charge >= 0.3 is 0 Å². The predicted octanol–water partition coefficient (Wildman–Crippen LogP) is 12.7. The van der Waals surface area contributed by atoms with E-state index in [0.29, 0.717) is 0 Å². The lowest BCUT2D eigenvalue weighted by molar-refractivity contribution is 0.659. The van der Waals surface area contributed by atoms with Crippen LogP contribution in [0.3, 0.4) is 0 Å². The lowest BCUT2D eigenvalue weighted by Gasteiger charge is -2.22. The van der Waals surface area contributed by atoms with Crippen LogP contribution in [0, 0.1) is 41.5 Å². The van der Waals surface area contributed by atoms with Crippen molar-refractivity contribution >= 4 is 68.2 Å². The molecule has 4 aromatic heterocycles. The zero-order valence-electron chi connectivity index (χ0n) is 29.0. The summed E-state index contributed by atoms with van der Waals surface area (Å²) in [5.74, 6) is 0. The van der Waals surface area contributed by atoms with Crippen LogP contribution in [0.1, 0.15) is 57.0 Å². The smallest absolute Gasteiger partial charge is 0.114 e. The number of aryl methyl sites for hydroxylation is 6. The molecular formula is C41H38N4S4. The fourth-order valence-corrected chi connectivity index (χ4v) is 9.53. The third-order valence-electron chi connectivity index (χ3n) is 9.23. The van der Waals surface area contributed by atoms with E-state index in [1.807, 2.05) is 0 Å². The van der Waals surface area contributed by atoms with Crippen molar-refractivity contribution in [1.29, 1.82) is 0 Å². The van der Waals surface area contributed by atoms with E-state index >= 15 is 0 Å². The van der Waals surface area contributed by atoms with Gasteiger partial charge in [-0.25, -0.2) is 0 Å². The van der Waals surface area contributed by atoms with Crippen molar-refractivity contribution < 1.29 is 0 Å². The van der Waals surface area contributed by atoms with E-state index in [1.165, 1.54) is 98.6 Å². The molecule has 1 aliphatic carbocycles. The van der Waals surface area contributed by atoms with Crippen molar-refractivity contribution in [3.8, 4) is 32.0 Å². The van der Waals surface area contributed by atoms with Crippen molar-refractivity contribution in [2.45, 2.75) is 60.8 Å². The summed E-state index contributed by atoms with van der Waals surface area (Å²) in [6.45, 7) is 17.4. The van der Waals surface area contributed by atoms with Gasteiger partial charge in [0.15, 0.2) is 0 Å². The summed E-state index contributed by atoms with van der Waals surface area (Å²) < 4.78 is 17.5. The lowest BCUT2D eigenvalue weighted by atomic mass is 9.81. The highest BCUT2D eigenvalue weighted by Crippen LogP contribution is 2.49. The number of nitrogens with zero attached hydrogens (tertiary/aromatic N) is 4. The molecule has 0 aliphatic heterocycles. The standard InChI is InChI=1S/C17H18.C16H12N2S3.C8H8N2S/c1-11-5-7-13-14-8-6-12(2)10-16(14)17(3,4)15(13)9-11;1-9-3-7-13(19-9)11-5-6-12(14-8-4-10(2)20-14)16-15(11)17-21-18-16;1-5-3-4-6(2)8-7(5)9-11-10-8/h5-10H,1-4H3;3-8H,1-2H3;3-4H,1-2H3. The second-order valence-corrected chi connectivity index (χ2v) is 17.0. The number of benzene rings is 4. The summed E-state index contributed by atoms with van der Waals surface area (Å²) >= 11 is 6.18. The van der Waals surface area contributed by atoms with Crippen molar-refractivity contribution in [1.82, 2.24) is 17.5 Å². The van der Waals surface area contributed by atoms with Crippen LogP contribution in [0.2, 0.25) is 0 Å². The topological polar surface area (TPSA) is 51.6 Å². The quantitative estimate of drug-likeness (QED) is 0.179. The summed E-state index contributed by atoms with van der Waals surface area (Å²) in [5.41, 5.74) is 17.5. The molecule has 4 nitrogen and oxygen atoms in total. The Morgan fingerprint density at radius 2 is 0.816 bits per heavy atom. The van der Waals surface area contributed by atoms with Gasteiger partial charge in [-0.05, 0) is 99.2 Å². The molecule has 4 aromatic carbocycles. The molecule has 0 saturated heterocycles. The molecule has 0 bridgehead atoms. The number of hydrogen-bond acceptors (Lipinski definition) is 8. The van der Waals surface area contributed by atoms with Gasteiger partial charge in [-0.15, -0.1) is 22.7 Å². The molecule has 0 spiro atoms. The second-order valence-electron chi connectivity index (χ2n) is 13.3. The molecule has 8 aromatic rings. The summed E-state index contributed by atoms with van der Waals surface area (Å²) in [5, 5.41) is 0. The lowest BCUT2D eigenvalue weighted by Crippen LogP contribution is -2.15. The normalized spacial score (nSPS) is 12.7. The molecular weight excluding hydrogens is 677 g/mol. The Balaban J connectivity index is 0.000000121. The molecule has 0 radical (unpaired) electrons. The van der Waals surface area contributed by atoms with E-state index in [1.54, 1.807) is 22.7 Å². The molecule has 9 rings (SSSR count). The second kappa shape index (κ2) is 13.3. The van der Waals surface area contributed by atoms with E-state index in [4.69, 9.17) is 0 Å². The highest BCUT2D eigenvalue weighted by Gasteiger charge is 2.35. The summed E-state index contributed by atoms with van der Waals surface area (Å²) in [6, 6.07) is 30.8. The predicted molar refractivity (Wildman–Crippen MR) is 214 cm³/mol. The minimum atomic E-state index is 0.142. The van der Waals surface area contributed by atoms with Gasteiger partial charge in [0.2, 0.25) is 0 Å². The molecule has 0 fully saturated rings. The van der Waals surface area contributed by atoms with Crippen molar-refractivity contribution in [3.05, 3.63) is 128 Å². The Hall–Kier alpha value is -4.08. The van der Waals surface area contributed by atoms with Gasteiger partial charge in [-0.2, -0.15) is 17.5 Å². The van der Waals surface area contributed by atoms with E-state index in [-0.39, 0.29) is 5.41 Å². The largest absolute Gasteiger partial charge is 0.173 e. The molecule has 0 N–H and O–H groups in total. The van der Waals surface area contributed by atoms with Gasteiger partial charge in [0.1, 0.15) is 22.1 Å². The van der Waals surface area contributed by atoms with Gasteiger partial charge in [-0.1, -0.05) is 85.6 Å². The molecule has 0 atom stereocenters. The third-order valence-corrected chi connectivity index (χ3v) is 12.4. The van der Waals surface area contributed by atoms with E-state index in [0.717, 1.165) is 22.1 Å². The van der Waals surface area contributed by atoms with Crippen molar-refractivity contribution in [3.63, 3.8) is 0 Å². The maximum atomic E-state index is 4.54. The van der Waals surface area contributed by atoms with Crippen LogP contribution < -0.4 is 0 Å². The fourth-order valence-electron chi connectivity index (χ4n) is 6.50. The summed E-state index contributed by atoms with van der Waals surface area (Å²) in [7, 11) is 0. The first-order chi connectivity index (χ1) is 23.5. The van der Waals surface area contributed by atoms with Crippen LogP contribution in [0.15, 0.2) is 84.9 Å². The van der Waals surface area contributed by atoms with Crippen LogP contribution in [0.4, 0.5) is 0 Å². The molecule has 8 heteroatoms.